The number of ether oxygens (including phenoxy) is 2. The molecule has 1 aromatic heterocycles. The van der Waals surface area contributed by atoms with Gasteiger partial charge in [-0.2, -0.15) is 9.37 Å². The van der Waals surface area contributed by atoms with Crippen LogP contribution in [0.1, 0.15) is 24.5 Å². The molecule has 156 valence electrons. The molecule has 1 atom stereocenters. The molecule has 0 saturated heterocycles. The van der Waals surface area contributed by atoms with Gasteiger partial charge < -0.3 is 20.3 Å². The van der Waals surface area contributed by atoms with Gasteiger partial charge in [0.25, 0.3) is 5.88 Å². The van der Waals surface area contributed by atoms with Crippen molar-refractivity contribution in [1.29, 1.82) is 0 Å². The summed E-state index contributed by atoms with van der Waals surface area (Å²) in [7, 11) is 0. The molecule has 0 spiro atoms. The van der Waals surface area contributed by atoms with Gasteiger partial charge in [0.05, 0.1) is 6.20 Å². The molecule has 0 amide bonds. The zero-order chi connectivity index (χ0) is 21.7. The summed E-state index contributed by atoms with van der Waals surface area (Å²) in [6.07, 6.45) is -0.0491. The minimum Gasteiger partial charge on any atom is -0.479 e. The molecule has 0 saturated carbocycles. The van der Waals surface area contributed by atoms with Crippen molar-refractivity contribution in [3.05, 3.63) is 65.6 Å². The Balaban J connectivity index is 1.90. The number of hydrogen-bond acceptors (Lipinski definition) is 6. The van der Waals surface area contributed by atoms with Crippen molar-refractivity contribution in [1.82, 2.24) is 9.97 Å². The lowest BCUT2D eigenvalue weighted by atomic mass is 10.0. The van der Waals surface area contributed by atoms with Gasteiger partial charge in [0.1, 0.15) is 5.75 Å². The minimum atomic E-state index is -1.16. The summed E-state index contributed by atoms with van der Waals surface area (Å²) in [5.74, 6) is -1.93. The lowest BCUT2D eigenvalue weighted by Crippen LogP contribution is -2.26. The molecule has 0 aliphatic carbocycles. The van der Waals surface area contributed by atoms with Gasteiger partial charge in [-0.05, 0) is 53.8 Å². The highest BCUT2D eigenvalue weighted by Crippen LogP contribution is 2.30. The Morgan fingerprint density at radius 2 is 2.03 bits per heavy atom. The highest BCUT2D eigenvalue weighted by molar-refractivity contribution is 5.72. The normalized spacial score (nSPS) is 11.7. The maximum atomic E-state index is 14.2. The van der Waals surface area contributed by atoms with Crippen LogP contribution in [-0.4, -0.2) is 27.1 Å². The molecule has 0 aliphatic rings. The van der Waals surface area contributed by atoms with Gasteiger partial charge in [-0.3, -0.25) is 0 Å². The van der Waals surface area contributed by atoms with Crippen LogP contribution in [0.15, 0.2) is 48.7 Å². The van der Waals surface area contributed by atoms with E-state index < -0.39 is 17.9 Å². The molecule has 0 radical (unpaired) electrons. The highest BCUT2D eigenvalue weighted by Gasteiger charge is 2.20. The number of aryl methyl sites for hydroxylation is 1. The van der Waals surface area contributed by atoms with E-state index in [-0.39, 0.29) is 18.3 Å². The zero-order valence-corrected chi connectivity index (χ0v) is 16.6. The molecule has 0 aliphatic heterocycles. The quantitative estimate of drug-likeness (QED) is 0.575. The van der Waals surface area contributed by atoms with Crippen molar-refractivity contribution in [2.24, 2.45) is 5.73 Å². The number of rotatable bonds is 8. The molecule has 0 fully saturated rings. The number of aliphatic carboxylic acids is 1. The van der Waals surface area contributed by atoms with Gasteiger partial charge in [-0.25, -0.2) is 9.78 Å². The zero-order valence-electron chi connectivity index (χ0n) is 16.6. The Morgan fingerprint density at radius 1 is 1.23 bits per heavy atom. The summed E-state index contributed by atoms with van der Waals surface area (Å²) < 4.78 is 25.1. The van der Waals surface area contributed by atoms with Crippen molar-refractivity contribution in [2.75, 3.05) is 0 Å². The number of nitrogens with two attached hydrogens (primary N) is 1. The molecular formula is C22H22FN3O4. The third-order valence-corrected chi connectivity index (χ3v) is 4.35. The fourth-order valence-corrected chi connectivity index (χ4v) is 2.86. The standard InChI is InChI=1S/C22H22FN3O4/c1-3-19(21(27)28)30-22-25-12-18(23)20(26-22)29-17-8-13(2)7-16(10-17)15-6-4-5-14(9-15)11-24/h4-10,12,19H,3,11,24H2,1-2H3,(H,27,28). The van der Waals surface area contributed by atoms with E-state index in [1.165, 1.54) is 0 Å². The molecule has 2 aromatic carbocycles. The van der Waals surface area contributed by atoms with E-state index in [2.05, 4.69) is 9.97 Å². The summed E-state index contributed by atoms with van der Waals surface area (Å²) in [6.45, 7) is 3.97. The van der Waals surface area contributed by atoms with E-state index in [0.717, 1.165) is 28.5 Å². The van der Waals surface area contributed by atoms with Crippen LogP contribution in [0.25, 0.3) is 11.1 Å². The summed E-state index contributed by atoms with van der Waals surface area (Å²) in [6, 6.07) is 13.0. The number of benzene rings is 2. The number of carboxylic acids is 1. The predicted molar refractivity (Wildman–Crippen MR) is 109 cm³/mol. The lowest BCUT2D eigenvalue weighted by Gasteiger charge is -2.13. The Hall–Kier alpha value is -3.52. The van der Waals surface area contributed by atoms with Crippen LogP contribution < -0.4 is 15.2 Å². The van der Waals surface area contributed by atoms with E-state index in [0.29, 0.717) is 12.3 Å². The number of halogens is 1. The number of aromatic nitrogens is 2. The first-order valence-electron chi connectivity index (χ1n) is 9.40. The molecule has 8 heteroatoms. The largest absolute Gasteiger partial charge is 0.479 e. The maximum Gasteiger partial charge on any atom is 0.345 e. The second kappa shape index (κ2) is 9.32. The molecule has 1 heterocycles. The van der Waals surface area contributed by atoms with E-state index in [1.807, 2.05) is 37.3 Å². The van der Waals surface area contributed by atoms with Crippen molar-refractivity contribution in [2.45, 2.75) is 32.9 Å². The number of hydrogen-bond donors (Lipinski definition) is 2. The highest BCUT2D eigenvalue weighted by atomic mass is 19.1. The van der Waals surface area contributed by atoms with Crippen LogP contribution in [-0.2, 0) is 11.3 Å². The third-order valence-electron chi connectivity index (χ3n) is 4.35. The van der Waals surface area contributed by atoms with Gasteiger partial charge in [0, 0.05) is 6.54 Å². The Bertz CT molecular complexity index is 1060. The van der Waals surface area contributed by atoms with E-state index in [4.69, 9.17) is 20.3 Å². The van der Waals surface area contributed by atoms with E-state index in [1.54, 1.807) is 19.1 Å². The molecule has 0 bridgehead atoms. The molecular weight excluding hydrogens is 389 g/mol. The molecule has 7 nitrogen and oxygen atoms in total. The van der Waals surface area contributed by atoms with Crippen LogP contribution in [0.5, 0.6) is 17.6 Å². The average Bonchev–Trinajstić information content (AvgIpc) is 2.73. The maximum absolute atomic E-state index is 14.2. The van der Waals surface area contributed by atoms with Gasteiger partial charge >= 0.3 is 12.0 Å². The molecule has 30 heavy (non-hydrogen) atoms. The molecule has 1 unspecified atom stereocenters. The van der Waals surface area contributed by atoms with Crippen molar-refractivity contribution in [3.8, 4) is 28.8 Å². The first kappa shape index (κ1) is 21.2. The van der Waals surface area contributed by atoms with E-state index >= 15 is 0 Å². The lowest BCUT2D eigenvalue weighted by molar-refractivity contribution is -0.145. The third kappa shape index (κ3) is 5.09. The Morgan fingerprint density at radius 3 is 2.73 bits per heavy atom. The molecule has 3 rings (SSSR count). The van der Waals surface area contributed by atoms with Crippen LogP contribution in [0, 0.1) is 12.7 Å². The van der Waals surface area contributed by atoms with Crippen molar-refractivity contribution >= 4 is 5.97 Å². The smallest absolute Gasteiger partial charge is 0.345 e. The van der Waals surface area contributed by atoms with Crippen molar-refractivity contribution in [3.63, 3.8) is 0 Å². The second-order valence-corrected chi connectivity index (χ2v) is 6.70. The SMILES string of the molecule is CCC(Oc1ncc(F)c(Oc2cc(C)cc(-c3cccc(CN)c3)c2)n1)C(=O)O. The second-order valence-electron chi connectivity index (χ2n) is 6.70. The van der Waals surface area contributed by atoms with Gasteiger partial charge in [-0.15, -0.1) is 0 Å². The van der Waals surface area contributed by atoms with E-state index in [9.17, 15) is 9.18 Å². The summed E-state index contributed by atoms with van der Waals surface area (Å²) in [5, 5.41) is 9.11. The predicted octanol–water partition coefficient (Wildman–Crippen LogP) is 4.08. The fraction of sp³-hybridized carbons (Fsp3) is 0.227. The number of carboxylic acid groups (broad SMARTS) is 1. The topological polar surface area (TPSA) is 108 Å². The first-order chi connectivity index (χ1) is 14.4. The Kier molecular flexibility index (Phi) is 6.58. The summed E-state index contributed by atoms with van der Waals surface area (Å²) in [5.41, 5.74) is 9.45. The summed E-state index contributed by atoms with van der Waals surface area (Å²) in [4.78, 5) is 18.7. The molecule has 3 aromatic rings. The number of carbonyl (C=O) groups is 1. The fourth-order valence-electron chi connectivity index (χ4n) is 2.86. The number of nitrogens with zero attached hydrogens (tertiary/aromatic N) is 2. The monoisotopic (exact) mass is 411 g/mol. The molecule has 3 N–H and O–H groups in total. The van der Waals surface area contributed by atoms with Gasteiger partial charge in [0.15, 0.2) is 6.10 Å². The van der Waals surface area contributed by atoms with Crippen LogP contribution in [0.3, 0.4) is 0 Å². The van der Waals surface area contributed by atoms with Crippen LogP contribution >= 0.6 is 0 Å². The average molecular weight is 411 g/mol. The summed E-state index contributed by atoms with van der Waals surface area (Å²) >= 11 is 0. The van der Waals surface area contributed by atoms with Crippen LogP contribution in [0.4, 0.5) is 4.39 Å². The van der Waals surface area contributed by atoms with Crippen molar-refractivity contribution < 1.29 is 23.8 Å². The minimum absolute atomic E-state index is 0.204. The van der Waals surface area contributed by atoms with Crippen LogP contribution in [0.2, 0.25) is 0 Å². The first-order valence-corrected chi connectivity index (χ1v) is 9.40. The van der Waals surface area contributed by atoms with Gasteiger partial charge in [-0.1, -0.05) is 31.2 Å². The Labute approximate surface area is 173 Å². The van der Waals surface area contributed by atoms with Gasteiger partial charge in [0.2, 0.25) is 5.82 Å².